The summed E-state index contributed by atoms with van der Waals surface area (Å²) in [6.07, 6.45) is 64.1. The summed E-state index contributed by atoms with van der Waals surface area (Å²) in [5, 5.41) is 0. The van der Waals surface area contributed by atoms with E-state index in [0.717, 1.165) is 57.8 Å². The number of unbranched alkanes of at least 4 members (excludes halogenated alkanes) is 46. The molecule has 0 bridgehead atoms. The molecule has 0 aliphatic heterocycles. The lowest BCUT2D eigenvalue weighted by Gasteiger charge is -2.18. The molecule has 398 valence electrons. The molecule has 0 aliphatic rings. The quantitative estimate of drug-likeness (QED) is 0.0343. The van der Waals surface area contributed by atoms with Crippen LogP contribution in [0.25, 0.3) is 0 Å². The number of carbonyl (C=O) groups is 3. The molecule has 0 N–H and O–H groups in total. The van der Waals surface area contributed by atoms with Crippen molar-refractivity contribution in [1.82, 2.24) is 0 Å². The third kappa shape index (κ3) is 55.2. The third-order valence-corrected chi connectivity index (χ3v) is 14.1. The number of hydrogen-bond acceptors (Lipinski definition) is 6. The zero-order chi connectivity index (χ0) is 48.6. The lowest BCUT2D eigenvalue weighted by atomic mass is 10.0. The number of ether oxygens (including phenoxy) is 3. The molecule has 0 aromatic heterocycles. The molecular formula is C61H118O6. The summed E-state index contributed by atoms with van der Waals surface area (Å²) in [5.41, 5.74) is 0. The lowest BCUT2D eigenvalue weighted by Crippen LogP contribution is -2.30. The molecule has 0 spiro atoms. The van der Waals surface area contributed by atoms with Crippen LogP contribution in [0.1, 0.15) is 355 Å². The highest BCUT2D eigenvalue weighted by Gasteiger charge is 2.19. The van der Waals surface area contributed by atoms with Crippen molar-refractivity contribution >= 4 is 17.9 Å². The van der Waals surface area contributed by atoms with Gasteiger partial charge in [0.1, 0.15) is 13.2 Å². The van der Waals surface area contributed by atoms with Gasteiger partial charge in [-0.2, -0.15) is 0 Å². The van der Waals surface area contributed by atoms with E-state index in [1.165, 1.54) is 257 Å². The van der Waals surface area contributed by atoms with Gasteiger partial charge in [0, 0.05) is 19.3 Å². The number of rotatable bonds is 57. The van der Waals surface area contributed by atoms with E-state index in [0.29, 0.717) is 19.3 Å². The maximum atomic E-state index is 12.8. The molecule has 0 saturated carbocycles. The molecule has 0 fully saturated rings. The Balaban J connectivity index is 4.09. The maximum Gasteiger partial charge on any atom is 0.306 e. The topological polar surface area (TPSA) is 78.9 Å². The van der Waals surface area contributed by atoms with E-state index in [4.69, 9.17) is 14.2 Å². The second kappa shape index (κ2) is 57.0. The van der Waals surface area contributed by atoms with Gasteiger partial charge in [-0.25, -0.2) is 0 Å². The molecule has 0 aromatic rings. The Morgan fingerprint density at radius 1 is 0.239 bits per heavy atom. The van der Waals surface area contributed by atoms with Crippen LogP contribution >= 0.6 is 0 Å². The molecule has 1 unspecified atom stereocenters. The van der Waals surface area contributed by atoms with Crippen LogP contribution in [0.4, 0.5) is 0 Å². The molecule has 0 radical (unpaired) electrons. The Labute approximate surface area is 418 Å². The van der Waals surface area contributed by atoms with Crippen molar-refractivity contribution in [2.24, 2.45) is 0 Å². The molecule has 1 atom stereocenters. The van der Waals surface area contributed by atoms with Gasteiger partial charge in [0.15, 0.2) is 6.10 Å². The predicted octanol–water partition coefficient (Wildman–Crippen LogP) is 20.3. The number of esters is 3. The van der Waals surface area contributed by atoms with Gasteiger partial charge in [0.25, 0.3) is 0 Å². The molecule has 6 heteroatoms. The van der Waals surface area contributed by atoms with Crippen molar-refractivity contribution in [1.29, 1.82) is 0 Å². The van der Waals surface area contributed by atoms with E-state index in [2.05, 4.69) is 20.8 Å². The summed E-state index contributed by atoms with van der Waals surface area (Å²) in [6.45, 7) is 6.69. The summed E-state index contributed by atoms with van der Waals surface area (Å²) in [6, 6.07) is 0. The maximum absolute atomic E-state index is 12.8. The summed E-state index contributed by atoms with van der Waals surface area (Å²) < 4.78 is 16.9. The van der Waals surface area contributed by atoms with Crippen LogP contribution in [-0.4, -0.2) is 37.2 Å². The van der Waals surface area contributed by atoms with E-state index in [-0.39, 0.29) is 31.1 Å². The highest BCUT2D eigenvalue weighted by Crippen LogP contribution is 2.18. The minimum absolute atomic E-state index is 0.0613. The first-order chi connectivity index (χ1) is 33.0. The van der Waals surface area contributed by atoms with Gasteiger partial charge in [-0.15, -0.1) is 0 Å². The molecule has 0 saturated heterocycles. The minimum Gasteiger partial charge on any atom is -0.462 e. The Bertz CT molecular complexity index is 998. The van der Waals surface area contributed by atoms with Crippen molar-refractivity contribution in [3.63, 3.8) is 0 Å². The van der Waals surface area contributed by atoms with Crippen LogP contribution in [0.5, 0.6) is 0 Å². The monoisotopic (exact) mass is 947 g/mol. The summed E-state index contributed by atoms with van der Waals surface area (Å²) in [7, 11) is 0. The summed E-state index contributed by atoms with van der Waals surface area (Å²) >= 11 is 0. The average Bonchev–Trinajstić information content (AvgIpc) is 3.33. The van der Waals surface area contributed by atoms with Gasteiger partial charge in [0.05, 0.1) is 0 Å². The normalized spacial score (nSPS) is 11.9. The lowest BCUT2D eigenvalue weighted by molar-refractivity contribution is -0.167. The fraction of sp³-hybridized carbons (Fsp3) is 0.951. The minimum atomic E-state index is -0.760. The van der Waals surface area contributed by atoms with Crippen molar-refractivity contribution < 1.29 is 28.6 Å². The zero-order valence-electron chi connectivity index (χ0n) is 45.7. The fourth-order valence-electron chi connectivity index (χ4n) is 9.51. The van der Waals surface area contributed by atoms with Gasteiger partial charge in [-0.05, 0) is 19.3 Å². The first kappa shape index (κ1) is 65.4. The molecule has 67 heavy (non-hydrogen) atoms. The smallest absolute Gasteiger partial charge is 0.306 e. The van der Waals surface area contributed by atoms with E-state index >= 15 is 0 Å². The largest absolute Gasteiger partial charge is 0.462 e. The second-order valence-corrected chi connectivity index (χ2v) is 21.0. The SMILES string of the molecule is CCCCCCCCCCCCCCCCCCCCCCCCCCCCC(=O)OCC(COC(=O)CCCCCCCCCCCCC)OC(=O)CCCCCCCCCCCCCC. The van der Waals surface area contributed by atoms with Crippen LogP contribution in [-0.2, 0) is 28.6 Å². The highest BCUT2D eigenvalue weighted by atomic mass is 16.6. The first-order valence-corrected chi connectivity index (χ1v) is 30.5. The number of hydrogen-bond donors (Lipinski definition) is 0. The average molecular weight is 948 g/mol. The molecule has 6 nitrogen and oxygen atoms in total. The van der Waals surface area contributed by atoms with E-state index in [9.17, 15) is 14.4 Å². The molecule has 0 amide bonds. The van der Waals surface area contributed by atoms with Crippen LogP contribution in [0.15, 0.2) is 0 Å². The Morgan fingerprint density at radius 2 is 0.403 bits per heavy atom. The van der Waals surface area contributed by atoms with Crippen molar-refractivity contribution in [3.8, 4) is 0 Å². The van der Waals surface area contributed by atoms with Gasteiger partial charge in [-0.3, -0.25) is 14.4 Å². The third-order valence-electron chi connectivity index (χ3n) is 14.1. The summed E-state index contributed by atoms with van der Waals surface area (Å²) in [5.74, 6) is -0.835. The van der Waals surface area contributed by atoms with Crippen LogP contribution in [0.2, 0.25) is 0 Å². The van der Waals surface area contributed by atoms with Crippen molar-refractivity contribution in [2.45, 2.75) is 361 Å². The van der Waals surface area contributed by atoms with Gasteiger partial charge >= 0.3 is 17.9 Å². The Morgan fingerprint density at radius 3 is 0.597 bits per heavy atom. The highest BCUT2D eigenvalue weighted by molar-refractivity contribution is 5.71. The van der Waals surface area contributed by atoms with Crippen molar-refractivity contribution in [3.05, 3.63) is 0 Å². The molecule has 0 rings (SSSR count). The molecule has 0 aliphatic carbocycles. The van der Waals surface area contributed by atoms with Gasteiger partial charge in [-0.1, -0.05) is 316 Å². The van der Waals surface area contributed by atoms with Gasteiger partial charge < -0.3 is 14.2 Å². The Kier molecular flexibility index (Phi) is 55.6. The standard InChI is InChI=1S/C61H118O6/c1-4-7-10-13-16-19-22-24-25-26-27-28-29-30-31-32-33-34-35-36-37-40-42-45-48-51-54-60(63)66-57-58(56-65-59(62)53-50-47-44-41-38-21-18-15-12-9-6-3)67-61(64)55-52-49-46-43-39-23-20-17-14-11-8-5-2/h58H,4-57H2,1-3H3. The van der Waals surface area contributed by atoms with Crippen LogP contribution in [0.3, 0.4) is 0 Å². The molecular weight excluding hydrogens is 829 g/mol. The second-order valence-electron chi connectivity index (χ2n) is 21.0. The van der Waals surface area contributed by atoms with Gasteiger partial charge in [0.2, 0.25) is 0 Å². The predicted molar refractivity (Wildman–Crippen MR) is 289 cm³/mol. The van der Waals surface area contributed by atoms with E-state index in [1.54, 1.807) is 0 Å². The first-order valence-electron chi connectivity index (χ1n) is 30.5. The Hall–Kier alpha value is -1.59. The molecule has 0 heterocycles. The molecule has 0 aromatic carbocycles. The number of carbonyl (C=O) groups excluding carboxylic acids is 3. The summed E-state index contributed by atoms with van der Waals surface area (Å²) in [4.78, 5) is 38.1. The fourth-order valence-corrected chi connectivity index (χ4v) is 9.51. The van der Waals surface area contributed by atoms with Crippen LogP contribution < -0.4 is 0 Å². The van der Waals surface area contributed by atoms with E-state index in [1.807, 2.05) is 0 Å². The van der Waals surface area contributed by atoms with Crippen molar-refractivity contribution in [2.75, 3.05) is 13.2 Å². The van der Waals surface area contributed by atoms with Crippen LogP contribution in [0, 0.1) is 0 Å². The zero-order valence-corrected chi connectivity index (χ0v) is 45.7. The van der Waals surface area contributed by atoms with E-state index < -0.39 is 6.10 Å².